The molecule has 0 aliphatic carbocycles. The van der Waals surface area contributed by atoms with Gasteiger partial charge in [-0.3, -0.25) is 0 Å². The molecule has 2 N–H and O–H groups in total. The zero-order valence-corrected chi connectivity index (χ0v) is 12.3. The molecule has 2 aromatic rings. The largest absolute Gasteiger partial charge is 0.395 e. The molecule has 0 radical (unpaired) electrons. The summed E-state index contributed by atoms with van der Waals surface area (Å²) in [7, 11) is 0. The molecule has 0 aliphatic rings. The van der Waals surface area contributed by atoms with Gasteiger partial charge in [0.05, 0.1) is 6.61 Å². The lowest BCUT2D eigenvalue weighted by molar-refractivity contribution is 0.185. The fourth-order valence-corrected chi connectivity index (χ4v) is 2.14. The van der Waals surface area contributed by atoms with E-state index < -0.39 is 0 Å². The fraction of sp³-hybridized carbons (Fsp3) is 0.188. The molecule has 2 aromatic carbocycles. The third-order valence-corrected chi connectivity index (χ3v) is 3.18. The van der Waals surface area contributed by atoms with Crippen molar-refractivity contribution in [2.45, 2.75) is 6.54 Å². The van der Waals surface area contributed by atoms with Gasteiger partial charge in [0.2, 0.25) is 0 Å². The number of benzene rings is 2. The highest BCUT2D eigenvalue weighted by Crippen LogP contribution is 2.16. The van der Waals surface area contributed by atoms with E-state index in [-0.39, 0.29) is 19.2 Å². The van der Waals surface area contributed by atoms with Crippen molar-refractivity contribution < 1.29 is 9.90 Å². The molecule has 0 bridgehead atoms. The Morgan fingerprint density at radius 2 is 1.90 bits per heavy atom. The van der Waals surface area contributed by atoms with Crippen LogP contribution in [0, 0.1) is 0 Å². The van der Waals surface area contributed by atoms with Gasteiger partial charge in [0.15, 0.2) is 0 Å². The Bertz CT molecular complexity index is 590. The number of hydrogen-bond acceptors (Lipinski definition) is 2. The summed E-state index contributed by atoms with van der Waals surface area (Å²) in [5.41, 5.74) is 1.63. The molecular weight excluding hydrogens is 288 g/mol. The standard InChI is InChI=1S/C16H17ClN2O2/c17-14-7-4-8-15(11-14)18-16(21)19(9-10-20)12-13-5-2-1-3-6-13/h1-8,11,20H,9-10,12H2,(H,18,21). The number of aliphatic hydroxyl groups excluding tert-OH is 1. The lowest BCUT2D eigenvalue weighted by atomic mass is 10.2. The van der Waals surface area contributed by atoms with Crippen molar-refractivity contribution in [2.75, 3.05) is 18.5 Å². The zero-order valence-electron chi connectivity index (χ0n) is 11.5. The van der Waals surface area contributed by atoms with Crippen LogP contribution < -0.4 is 5.32 Å². The molecule has 2 amide bonds. The summed E-state index contributed by atoms with van der Waals surface area (Å²) in [5.74, 6) is 0. The Balaban J connectivity index is 2.05. The molecule has 5 heteroatoms. The summed E-state index contributed by atoms with van der Waals surface area (Å²) in [5, 5.41) is 12.5. The lowest BCUT2D eigenvalue weighted by Gasteiger charge is -2.22. The highest BCUT2D eigenvalue weighted by atomic mass is 35.5. The first-order valence-corrected chi connectivity index (χ1v) is 7.03. The van der Waals surface area contributed by atoms with Gasteiger partial charge in [-0.2, -0.15) is 0 Å². The Morgan fingerprint density at radius 3 is 2.57 bits per heavy atom. The minimum Gasteiger partial charge on any atom is -0.395 e. The van der Waals surface area contributed by atoms with E-state index in [0.717, 1.165) is 5.56 Å². The molecular formula is C16H17ClN2O2. The van der Waals surface area contributed by atoms with E-state index in [1.807, 2.05) is 30.3 Å². The van der Waals surface area contributed by atoms with E-state index in [0.29, 0.717) is 17.3 Å². The van der Waals surface area contributed by atoms with Crippen LogP contribution in [0.5, 0.6) is 0 Å². The van der Waals surface area contributed by atoms with Crippen LogP contribution in [0.3, 0.4) is 0 Å². The van der Waals surface area contributed by atoms with Crippen LogP contribution in [0.1, 0.15) is 5.56 Å². The molecule has 0 spiro atoms. The maximum absolute atomic E-state index is 12.3. The molecule has 0 fully saturated rings. The van der Waals surface area contributed by atoms with Crippen molar-refractivity contribution in [1.29, 1.82) is 0 Å². The number of anilines is 1. The van der Waals surface area contributed by atoms with E-state index in [2.05, 4.69) is 5.32 Å². The van der Waals surface area contributed by atoms with Gasteiger partial charge in [0.25, 0.3) is 0 Å². The predicted molar refractivity (Wildman–Crippen MR) is 84.4 cm³/mol. The first-order chi connectivity index (χ1) is 10.2. The maximum atomic E-state index is 12.3. The second kappa shape index (κ2) is 7.67. The number of urea groups is 1. The van der Waals surface area contributed by atoms with Gasteiger partial charge in [0, 0.05) is 23.8 Å². The van der Waals surface area contributed by atoms with Crippen LogP contribution in [0.15, 0.2) is 54.6 Å². The number of carbonyl (C=O) groups is 1. The first-order valence-electron chi connectivity index (χ1n) is 6.65. The van der Waals surface area contributed by atoms with Gasteiger partial charge < -0.3 is 15.3 Å². The molecule has 21 heavy (non-hydrogen) atoms. The van der Waals surface area contributed by atoms with Crippen molar-refractivity contribution in [1.82, 2.24) is 4.90 Å². The van der Waals surface area contributed by atoms with Crippen LogP contribution in [0.25, 0.3) is 0 Å². The average molecular weight is 305 g/mol. The van der Waals surface area contributed by atoms with Gasteiger partial charge in [-0.25, -0.2) is 4.79 Å². The minimum absolute atomic E-state index is 0.0875. The SMILES string of the molecule is O=C(Nc1cccc(Cl)c1)N(CCO)Cc1ccccc1. The summed E-state index contributed by atoms with van der Waals surface area (Å²) < 4.78 is 0. The molecule has 0 unspecified atom stereocenters. The molecule has 0 saturated heterocycles. The predicted octanol–water partition coefficient (Wildman–Crippen LogP) is 3.37. The molecule has 110 valence electrons. The van der Waals surface area contributed by atoms with Gasteiger partial charge >= 0.3 is 6.03 Å². The Hall–Kier alpha value is -2.04. The number of halogens is 1. The summed E-state index contributed by atoms with van der Waals surface area (Å²) in [6, 6.07) is 16.3. The lowest BCUT2D eigenvalue weighted by Crippen LogP contribution is -2.36. The molecule has 0 aromatic heterocycles. The minimum atomic E-state index is -0.268. The summed E-state index contributed by atoms with van der Waals surface area (Å²) in [6.45, 7) is 0.616. The normalized spacial score (nSPS) is 10.2. The number of nitrogens with one attached hydrogen (secondary N) is 1. The molecule has 0 saturated carbocycles. The van der Waals surface area contributed by atoms with Gasteiger partial charge in [-0.1, -0.05) is 48.0 Å². The topological polar surface area (TPSA) is 52.6 Å². The van der Waals surface area contributed by atoms with Crippen LogP contribution in [-0.2, 0) is 6.54 Å². The van der Waals surface area contributed by atoms with Crippen LogP contribution in [0.2, 0.25) is 5.02 Å². The smallest absolute Gasteiger partial charge is 0.322 e. The third-order valence-electron chi connectivity index (χ3n) is 2.95. The molecule has 0 heterocycles. The second-order valence-electron chi connectivity index (χ2n) is 4.57. The zero-order chi connectivity index (χ0) is 15.1. The number of amides is 2. The monoisotopic (exact) mass is 304 g/mol. The molecule has 0 aliphatic heterocycles. The van der Waals surface area contributed by atoms with Gasteiger partial charge in [0.1, 0.15) is 0 Å². The number of hydrogen-bond donors (Lipinski definition) is 2. The summed E-state index contributed by atoms with van der Waals surface area (Å²) in [6.07, 6.45) is 0. The van der Waals surface area contributed by atoms with E-state index in [9.17, 15) is 4.79 Å². The molecule has 0 atom stereocenters. The Kier molecular flexibility index (Phi) is 5.60. The summed E-state index contributed by atoms with van der Waals surface area (Å²) >= 11 is 5.89. The number of carbonyl (C=O) groups excluding carboxylic acids is 1. The van der Waals surface area contributed by atoms with E-state index in [4.69, 9.17) is 16.7 Å². The van der Waals surface area contributed by atoms with Gasteiger partial charge in [-0.05, 0) is 23.8 Å². The molecule has 2 rings (SSSR count). The number of nitrogens with zero attached hydrogens (tertiary/aromatic N) is 1. The van der Waals surface area contributed by atoms with E-state index >= 15 is 0 Å². The van der Waals surface area contributed by atoms with Gasteiger partial charge in [-0.15, -0.1) is 0 Å². The van der Waals surface area contributed by atoms with Crippen molar-refractivity contribution in [3.8, 4) is 0 Å². The average Bonchev–Trinajstić information content (AvgIpc) is 2.48. The maximum Gasteiger partial charge on any atom is 0.322 e. The first kappa shape index (κ1) is 15.4. The highest BCUT2D eigenvalue weighted by molar-refractivity contribution is 6.30. The van der Waals surface area contributed by atoms with Crippen molar-refractivity contribution >= 4 is 23.3 Å². The quantitative estimate of drug-likeness (QED) is 0.890. The van der Waals surface area contributed by atoms with E-state index in [1.165, 1.54) is 0 Å². The third kappa shape index (κ3) is 4.77. The van der Waals surface area contributed by atoms with Crippen molar-refractivity contribution in [3.63, 3.8) is 0 Å². The van der Waals surface area contributed by atoms with E-state index in [1.54, 1.807) is 29.2 Å². The Morgan fingerprint density at radius 1 is 1.14 bits per heavy atom. The highest BCUT2D eigenvalue weighted by Gasteiger charge is 2.13. The Labute approximate surface area is 129 Å². The number of aliphatic hydroxyl groups is 1. The summed E-state index contributed by atoms with van der Waals surface area (Å²) in [4.78, 5) is 13.8. The van der Waals surface area contributed by atoms with Crippen molar-refractivity contribution in [3.05, 3.63) is 65.2 Å². The van der Waals surface area contributed by atoms with Crippen LogP contribution in [-0.4, -0.2) is 29.2 Å². The van der Waals surface area contributed by atoms with Crippen molar-refractivity contribution in [2.24, 2.45) is 0 Å². The van der Waals surface area contributed by atoms with Crippen LogP contribution in [0.4, 0.5) is 10.5 Å². The fourth-order valence-electron chi connectivity index (χ4n) is 1.95. The number of rotatable bonds is 5. The molecule has 4 nitrogen and oxygen atoms in total. The second-order valence-corrected chi connectivity index (χ2v) is 5.01. The van der Waals surface area contributed by atoms with Crippen LogP contribution >= 0.6 is 11.6 Å².